The van der Waals surface area contributed by atoms with Crippen molar-refractivity contribution >= 4 is 19.4 Å². The summed E-state index contributed by atoms with van der Waals surface area (Å²) in [5, 5.41) is 0.347. The van der Waals surface area contributed by atoms with Gasteiger partial charge in [0, 0.05) is 5.56 Å². The molecule has 0 saturated carbocycles. The summed E-state index contributed by atoms with van der Waals surface area (Å²) in [4.78, 5) is 12.5. The molecule has 0 aliphatic rings. The van der Waals surface area contributed by atoms with Gasteiger partial charge in [-0.15, -0.1) is 0 Å². The second-order valence-electron chi connectivity index (χ2n) is 6.12. The van der Waals surface area contributed by atoms with Gasteiger partial charge in [0.15, 0.2) is 5.52 Å². The van der Waals surface area contributed by atoms with E-state index in [9.17, 15) is 31.1 Å². The Morgan fingerprint density at radius 2 is 1.10 bits per heavy atom. The first-order valence-corrected chi connectivity index (χ1v) is 9.31. The van der Waals surface area contributed by atoms with Crippen LogP contribution >= 0.6 is 8.58 Å². The molecule has 0 aliphatic carbocycles. The molecule has 1 nitrogen and oxygen atoms in total. The number of alkyl halides is 6. The minimum atomic E-state index is -5.08. The van der Waals surface area contributed by atoms with Crippen LogP contribution in [0.2, 0.25) is 0 Å². The van der Waals surface area contributed by atoms with Gasteiger partial charge in [-0.1, -0.05) is 60.7 Å². The van der Waals surface area contributed by atoms with Crippen molar-refractivity contribution in [3.05, 3.63) is 89.5 Å². The normalized spacial score (nSPS) is 12.1. The van der Waals surface area contributed by atoms with Crippen LogP contribution < -0.4 is 24.2 Å². The molecule has 0 bridgehead atoms. The summed E-state index contributed by atoms with van der Waals surface area (Å²) in [7, 11) is -0.878. The van der Waals surface area contributed by atoms with Gasteiger partial charge in [0.05, 0.1) is 11.1 Å². The smallest absolute Gasteiger partial charge is 0.289 e. The molecule has 0 fully saturated rings. The quantitative estimate of drug-likeness (QED) is 0.350. The fourth-order valence-corrected chi connectivity index (χ4v) is 3.83. The van der Waals surface area contributed by atoms with Crippen LogP contribution in [0.25, 0.3) is 11.1 Å². The van der Waals surface area contributed by atoms with E-state index in [0.717, 1.165) is 11.1 Å². The van der Waals surface area contributed by atoms with Crippen molar-refractivity contribution in [1.29, 1.82) is 0 Å². The Morgan fingerprint density at radius 1 is 0.633 bits per heavy atom. The third kappa shape index (κ3) is 5.54. The van der Waals surface area contributed by atoms with Crippen LogP contribution in [0.1, 0.15) is 21.5 Å². The van der Waals surface area contributed by atoms with Gasteiger partial charge >= 0.3 is 31.2 Å². The standard InChI is InChI=1S/C21H13F6OP.Li/c22-20(23,24)16-7-4-8-17(21(25,26)27)18(16)19(28)29-15-11-9-14(10-12-15)13-5-2-1-3-6-13;/h1-12,29H;/q;+1. The number of halogens is 6. The van der Waals surface area contributed by atoms with E-state index in [1.54, 1.807) is 12.1 Å². The summed E-state index contributed by atoms with van der Waals surface area (Å²) < 4.78 is 79.4. The van der Waals surface area contributed by atoms with Crippen LogP contribution in [-0.4, -0.2) is 5.52 Å². The molecule has 0 aliphatic heterocycles. The Hall–Kier alpha value is -2.06. The zero-order valence-electron chi connectivity index (χ0n) is 15.6. The molecule has 3 rings (SSSR count). The predicted octanol–water partition coefficient (Wildman–Crippen LogP) is 3.54. The Balaban J connectivity index is 0.00000320. The molecule has 9 heteroatoms. The van der Waals surface area contributed by atoms with Gasteiger partial charge in [0.1, 0.15) is 0 Å². The van der Waals surface area contributed by atoms with Crippen molar-refractivity contribution in [3.8, 4) is 11.1 Å². The summed E-state index contributed by atoms with van der Waals surface area (Å²) in [5.41, 5.74) is -3.99. The maximum absolute atomic E-state index is 13.2. The third-order valence-electron chi connectivity index (χ3n) is 4.15. The SMILES string of the molecule is O=C(Pc1ccc(-c2ccccc2)cc1)c1c(C(F)(F)F)cccc1C(F)(F)F.[Li+]. The minimum Gasteiger partial charge on any atom is -0.289 e. The molecule has 0 spiro atoms. The zero-order chi connectivity index (χ0) is 21.2. The van der Waals surface area contributed by atoms with Gasteiger partial charge in [-0.2, -0.15) is 26.3 Å². The largest absolute Gasteiger partial charge is 1.00 e. The van der Waals surface area contributed by atoms with Gasteiger partial charge in [-0.05, 0) is 37.1 Å². The maximum Gasteiger partial charge on any atom is 1.00 e. The number of hydrogen-bond donors (Lipinski definition) is 0. The van der Waals surface area contributed by atoms with Crippen LogP contribution in [0.5, 0.6) is 0 Å². The summed E-state index contributed by atoms with van der Waals surface area (Å²) in [6.45, 7) is 0. The molecule has 30 heavy (non-hydrogen) atoms. The molecule has 1 unspecified atom stereocenters. The number of carbonyl (C=O) groups is 1. The van der Waals surface area contributed by atoms with Crippen molar-refractivity contribution in [2.24, 2.45) is 0 Å². The van der Waals surface area contributed by atoms with Crippen molar-refractivity contribution < 1.29 is 50.0 Å². The first-order valence-electron chi connectivity index (χ1n) is 8.31. The molecule has 1 atom stereocenters. The molecule has 0 aromatic heterocycles. The second-order valence-corrected chi connectivity index (χ2v) is 7.40. The summed E-state index contributed by atoms with van der Waals surface area (Å²) in [6, 6.07) is 17.3. The predicted molar refractivity (Wildman–Crippen MR) is 101 cm³/mol. The average Bonchev–Trinajstić information content (AvgIpc) is 2.67. The van der Waals surface area contributed by atoms with Crippen LogP contribution in [-0.2, 0) is 12.4 Å². The molecule has 3 aromatic rings. The van der Waals surface area contributed by atoms with Crippen molar-refractivity contribution in [2.45, 2.75) is 12.4 Å². The monoisotopic (exact) mass is 433 g/mol. The van der Waals surface area contributed by atoms with Crippen molar-refractivity contribution in [2.75, 3.05) is 0 Å². The Morgan fingerprint density at radius 3 is 1.57 bits per heavy atom. The zero-order valence-corrected chi connectivity index (χ0v) is 16.6. The van der Waals surface area contributed by atoms with Crippen LogP contribution in [0, 0.1) is 0 Å². The number of carbonyl (C=O) groups excluding carboxylic acids is 1. The van der Waals surface area contributed by atoms with E-state index in [1.807, 2.05) is 30.3 Å². The van der Waals surface area contributed by atoms with Crippen molar-refractivity contribution in [3.63, 3.8) is 0 Å². The molecular weight excluding hydrogens is 420 g/mol. The van der Waals surface area contributed by atoms with E-state index in [-0.39, 0.29) is 18.9 Å². The fourth-order valence-electron chi connectivity index (χ4n) is 2.84. The molecule has 3 aromatic carbocycles. The Labute approximate surface area is 182 Å². The van der Waals surface area contributed by atoms with Gasteiger partial charge in [-0.25, -0.2) is 0 Å². The molecule has 150 valence electrons. The molecule has 0 amide bonds. The van der Waals surface area contributed by atoms with E-state index >= 15 is 0 Å². The molecule has 0 saturated heterocycles. The van der Waals surface area contributed by atoms with Crippen LogP contribution in [0.3, 0.4) is 0 Å². The van der Waals surface area contributed by atoms with E-state index in [2.05, 4.69) is 0 Å². The van der Waals surface area contributed by atoms with Gasteiger partial charge in [0.25, 0.3) is 0 Å². The maximum atomic E-state index is 13.2. The van der Waals surface area contributed by atoms with Gasteiger partial charge in [-0.3, -0.25) is 4.79 Å². The second kappa shape index (κ2) is 9.39. The number of rotatable bonds is 4. The number of hydrogen-bond acceptors (Lipinski definition) is 1. The summed E-state index contributed by atoms with van der Waals surface area (Å²) in [6.07, 6.45) is -10.2. The van der Waals surface area contributed by atoms with E-state index < -0.39 is 43.1 Å². The average molecular weight is 433 g/mol. The van der Waals surface area contributed by atoms with E-state index in [0.29, 0.717) is 23.5 Å². The molecular formula is C21H13F6LiOP+. The van der Waals surface area contributed by atoms with Crippen molar-refractivity contribution in [1.82, 2.24) is 0 Å². The summed E-state index contributed by atoms with van der Waals surface area (Å²) >= 11 is 0. The first kappa shape index (κ1) is 24.2. The third-order valence-corrected chi connectivity index (χ3v) is 5.25. The summed E-state index contributed by atoms with van der Waals surface area (Å²) in [5.74, 6) is 0. The first-order chi connectivity index (χ1) is 13.6. The van der Waals surface area contributed by atoms with Gasteiger partial charge < -0.3 is 0 Å². The van der Waals surface area contributed by atoms with Crippen LogP contribution in [0.4, 0.5) is 26.3 Å². The van der Waals surface area contributed by atoms with Crippen LogP contribution in [0.15, 0.2) is 72.8 Å². The number of benzene rings is 3. The Kier molecular flexibility index (Phi) is 7.58. The Bertz CT molecular complexity index is 982. The molecule has 0 N–H and O–H groups in total. The van der Waals surface area contributed by atoms with Gasteiger partial charge in [0.2, 0.25) is 0 Å². The minimum absolute atomic E-state index is 0. The molecule has 0 heterocycles. The topological polar surface area (TPSA) is 17.1 Å². The van der Waals surface area contributed by atoms with E-state index in [4.69, 9.17) is 0 Å². The van der Waals surface area contributed by atoms with E-state index in [1.165, 1.54) is 12.1 Å². The molecule has 0 radical (unpaired) electrons. The fraction of sp³-hybridized carbons (Fsp3) is 0.0952.